The molecule has 2 rings (SSSR count). The molecule has 0 aromatic heterocycles. The van der Waals surface area contributed by atoms with Crippen LogP contribution in [0.25, 0.3) is 0 Å². The molecule has 0 saturated carbocycles. The topological polar surface area (TPSA) is 178 Å². The molecular weight excluding hydrogens is 342 g/mol. The second-order valence-corrected chi connectivity index (χ2v) is 6.25. The van der Waals surface area contributed by atoms with E-state index in [0.29, 0.717) is 0 Å². The van der Waals surface area contributed by atoms with E-state index in [4.69, 9.17) is 14.2 Å². The van der Waals surface area contributed by atoms with Crippen LogP contribution < -0.4 is 5.32 Å². The smallest absolute Gasteiger partial charge is 0.217 e. The molecule has 0 aromatic rings. The van der Waals surface area contributed by atoms with Crippen LogP contribution in [0.5, 0.6) is 0 Å². The number of aliphatic hydroxyl groups is 6. The van der Waals surface area contributed by atoms with Crippen molar-refractivity contribution in [2.45, 2.75) is 75.2 Å². The number of carbonyl (C=O) groups excluding carboxylic acids is 1. The number of aliphatic hydroxyl groups excluding tert-OH is 6. The number of rotatable bonds is 4. The SMILES string of the molecule is CC(=O)N[C@@H]1[C@H](O[C@@H]2[C@H](O)[C@@H](O)[C@H](C)O[C@H]2O)O[C@H](CO)[C@@H](O)[C@@H]1O. The van der Waals surface area contributed by atoms with E-state index in [9.17, 15) is 35.4 Å². The Labute approximate surface area is 143 Å². The van der Waals surface area contributed by atoms with Gasteiger partial charge in [-0.3, -0.25) is 4.79 Å². The molecule has 0 aromatic carbocycles. The number of hydrogen-bond donors (Lipinski definition) is 7. The predicted molar refractivity (Wildman–Crippen MR) is 78.8 cm³/mol. The van der Waals surface area contributed by atoms with E-state index in [2.05, 4.69) is 5.32 Å². The highest BCUT2D eigenvalue weighted by Gasteiger charge is 2.50. The van der Waals surface area contributed by atoms with Gasteiger partial charge in [0.15, 0.2) is 12.6 Å². The molecule has 1 amide bonds. The van der Waals surface area contributed by atoms with E-state index in [1.54, 1.807) is 0 Å². The molecule has 2 aliphatic rings. The van der Waals surface area contributed by atoms with Crippen LogP contribution in [0.3, 0.4) is 0 Å². The Balaban J connectivity index is 2.19. The molecule has 25 heavy (non-hydrogen) atoms. The Kier molecular flexibility index (Phi) is 6.70. The summed E-state index contributed by atoms with van der Waals surface area (Å²) in [6.45, 7) is 1.98. The second-order valence-electron chi connectivity index (χ2n) is 6.25. The summed E-state index contributed by atoms with van der Waals surface area (Å²) in [5.41, 5.74) is 0. The molecule has 0 unspecified atom stereocenters. The minimum atomic E-state index is -1.61. The summed E-state index contributed by atoms with van der Waals surface area (Å²) in [7, 11) is 0. The van der Waals surface area contributed by atoms with Gasteiger partial charge in [0.2, 0.25) is 5.91 Å². The number of ether oxygens (including phenoxy) is 3. The maximum atomic E-state index is 11.3. The quantitative estimate of drug-likeness (QED) is 0.257. The third kappa shape index (κ3) is 4.27. The zero-order chi connectivity index (χ0) is 18.9. The summed E-state index contributed by atoms with van der Waals surface area (Å²) >= 11 is 0. The Hall–Kier alpha value is -0.890. The summed E-state index contributed by atoms with van der Waals surface area (Å²) < 4.78 is 15.8. The van der Waals surface area contributed by atoms with Crippen LogP contribution in [0.15, 0.2) is 0 Å². The molecule has 0 bridgehead atoms. The van der Waals surface area contributed by atoms with E-state index < -0.39 is 73.9 Å². The van der Waals surface area contributed by atoms with Crippen molar-refractivity contribution in [3.05, 3.63) is 0 Å². The Morgan fingerprint density at radius 2 is 1.68 bits per heavy atom. The first-order valence-corrected chi connectivity index (χ1v) is 7.92. The molecule has 0 spiro atoms. The van der Waals surface area contributed by atoms with Crippen LogP contribution in [-0.4, -0.2) is 105 Å². The molecule has 2 aliphatic heterocycles. The fourth-order valence-corrected chi connectivity index (χ4v) is 2.91. The molecule has 2 saturated heterocycles. The van der Waals surface area contributed by atoms with E-state index in [0.717, 1.165) is 0 Å². The zero-order valence-electron chi connectivity index (χ0n) is 13.8. The average molecular weight is 367 g/mol. The highest BCUT2D eigenvalue weighted by molar-refractivity contribution is 5.73. The van der Waals surface area contributed by atoms with Gasteiger partial charge in [-0.05, 0) is 6.92 Å². The van der Waals surface area contributed by atoms with Gasteiger partial charge >= 0.3 is 0 Å². The monoisotopic (exact) mass is 367 g/mol. The van der Waals surface area contributed by atoms with Crippen molar-refractivity contribution >= 4 is 5.91 Å². The predicted octanol–water partition coefficient (Wildman–Crippen LogP) is -4.23. The number of hydrogen-bond acceptors (Lipinski definition) is 10. The summed E-state index contributed by atoms with van der Waals surface area (Å²) in [6, 6.07) is -1.24. The van der Waals surface area contributed by atoms with Gasteiger partial charge in [-0.15, -0.1) is 0 Å². The second kappa shape index (κ2) is 8.20. The molecule has 2 fully saturated rings. The first kappa shape index (κ1) is 20.4. The van der Waals surface area contributed by atoms with Gasteiger partial charge in [-0.1, -0.05) is 0 Å². The molecular formula is C14H25NO10. The summed E-state index contributed by atoms with van der Waals surface area (Å²) in [5, 5.41) is 61.6. The normalized spacial score (nSPS) is 48.2. The van der Waals surface area contributed by atoms with Gasteiger partial charge in [0.25, 0.3) is 0 Å². The lowest BCUT2D eigenvalue weighted by atomic mass is 9.96. The van der Waals surface area contributed by atoms with Gasteiger partial charge in [0.05, 0.1) is 12.7 Å². The van der Waals surface area contributed by atoms with E-state index in [-0.39, 0.29) is 0 Å². The number of carbonyl (C=O) groups is 1. The van der Waals surface area contributed by atoms with Crippen LogP contribution >= 0.6 is 0 Å². The summed E-state index contributed by atoms with van der Waals surface area (Å²) in [5.74, 6) is -0.550. The van der Waals surface area contributed by atoms with Crippen LogP contribution in [0.2, 0.25) is 0 Å². The number of nitrogens with one attached hydrogen (secondary N) is 1. The van der Waals surface area contributed by atoms with Gasteiger partial charge in [-0.2, -0.15) is 0 Å². The number of amides is 1. The van der Waals surface area contributed by atoms with Crippen molar-refractivity contribution in [3.63, 3.8) is 0 Å². The van der Waals surface area contributed by atoms with Crippen molar-refractivity contribution in [1.29, 1.82) is 0 Å². The molecule has 2 heterocycles. The van der Waals surface area contributed by atoms with E-state index >= 15 is 0 Å². The molecule has 10 atom stereocenters. The molecule has 7 N–H and O–H groups in total. The first-order chi connectivity index (χ1) is 11.7. The highest BCUT2D eigenvalue weighted by atomic mass is 16.7. The molecule has 11 heteroatoms. The highest BCUT2D eigenvalue weighted by Crippen LogP contribution is 2.28. The van der Waals surface area contributed by atoms with Gasteiger partial charge in [0.1, 0.15) is 42.7 Å². The lowest BCUT2D eigenvalue weighted by Crippen LogP contribution is -2.67. The molecule has 0 radical (unpaired) electrons. The maximum Gasteiger partial charge on any atom is 0.217 e. The first-order valence-electron chi connectivity index (χ1n) is 7.92. The van der Waals surface area contributed by atoms with Crippen LogP contribution in [0.4, 0.5) is 0 Å². The van der Waals surface area contributed by atoms with Crippen molar-refractivity contribution in [2.24, 2.45) is 0 Å². The minimum absolute atomic E-state index is 0.550. The maximum absolute atomic E-state index is 11.3. The standard InChI is InChI=1S/C14H25NO10/c1-4-8(18)11(21)12(13(22)23-4)25-14-7(15-5(2)17)10(20)9(19)6(3-16)24-14/h4,6-14,16,18-22H,3H2,1-2H3,(H,15,17)/t4-,6+,7-,8-,9+,10+,11+,12+,13+,14-/m0/s1. The lowest BCUT2D eigenvalue weighted by Gasteiger charge is -2.46. The Morgan fingerprint density at radius 3 is 2.24 bits per heavy atom. The Bertz CT molecular complexity index is 465. The molecule has 11 nitrogen and oxygen atoms in total. The van der Waals surface area contributed by atoms with Crippen molar-refractivity contribution in [2.75, 3.05) is 6.61 Å². The fraction of sp³-hybridized carbons (Fsp3) is 0.929. The zero-order valence-corrected chi connectivity index (χ0v) is 13.8. The van der Waals surface area contributed by atoms with Crippen molar-refractivity contribution < 1.29 is 49.6 Å². The van der Waals surface area contributed by atoms with Gasteiger partial charge in [-0.25, -0.2) is 0 Å². The fourth-order valence-electron chi connectivity index (χ4n) is 2.91. The van der Waals surface area contributed by atoms with Crippen LogP contribution in [0, 0.1) is 0 Å². The Morgan fingerprint density at radius 1 is 1.04 bits per heavy atom. The van der Waals surface area contributed by atoms with Gasteiger partial charge < -0.3 is 50.2 Å². The third-order valence-corrected chi connectivity index (χ3v) is 4.34. The lowest BCUT2D eigenvalue weighted by molar-refractivity contribution is -0.344. The van der Waals surface area contributed by atoms with Crippen molar-refractivity contribution in [1.82, 2.24) is 5.32 Å². The molecule has 146 valence electrons. The average Bonchev–Trinajstić information content (AvgIpc) is 2.55. The minimum Gasteiger partial charge on any atom is -0.394 e. The summed E-state index contributed by atoms with van der Waals surface area (Å²) in [4.78, 5) is 11.3. The largest absolute Gasteiger partial charge is 0.394 e. The van der Waals surface area contributed by atoms with E-state index in [1.807, 2.05) is 0 Å². The van der Waals surface area contributed by atoms with Gasteiger partial charge in [0, 0.05) is 6.92 Å². The van der Waals surface area contributed by atoms with Crippen LogP contribution in [0.1, 0.15) is 13.8 Å². The third-order valence-electron chi connectivity index (χ3n) is 4.34. The van der Waals surface area contributed by atoms with E-state index in [1.165, 1.54) is 13.8 Å². The molecule has 0 aliphatic carbocycles. The van der Waals surface area contributed by atoms with Crippen molar-refractivity contribution in [3.8, 4) is 0 Å². The van der Waals surface area contributed by atoms with Crippen LogP contribution in [-0.2, 0) is 19.0 Å². The summed E-state index contributed by atoms with van der Waals surface area (Å²) in [6.07, 6.45) is -12.5.